The molecule has 8 aromatic heterocycles. The zero-order valence-electron chi connectivity index (χ0n) is 55.1. The lowest BCUT2D eigenvalue weighted by Crippen LogP contribution is -1.98. The molecular formula is C90H63N11. The van der Waals surface area contributed by atoms with E-state index in [0.717, 1.165) is 89.6 Å². The van der Waals surface area contributed by atoms with Gasteiger partial charge in [-0.3, -0.25) is 31.5 Å². The molecule has 0 aliphatic carbocycles. The van der Waals surface area contributed by atoms with Crippen LogP contribution in [0.15, 0.2) is 364 Å². The molecule has 0 fully saturated rings. The van der Waals surface area contributed by atoms with Gasteiger partial charge in [0.2, 0.25) is 17.3 Å². The van der Waals surface area contributed by atoms with Crippen molar-refractivity contribution < 1.29 is 0 Å². The highest BCUT2D eigenvalue weighted by Gasteiger charge is 2.22. The van der Waals surface area contributed by atoms with Crippen molar-refractivity contribution in [2.45, 2.75) is 0 Å². The Morgan fingerprint density at radius 1 is 0.208 bits per heavy atom. The van der Waals surface area contributed by atoms with Gasteiger partial charge in [-0.25, -0.2) is 15.0 Å². The number of benzene rings is 14. The van der Waals surface area contributed by atoms with Crippen molar-refractivity contribution in [2.75, 3.05) is 0 Å². The molecule has 0 radical (unpaired) electrons. The predicted octanol–water partition coefficient (Wildman–Crippen LogP) is 21.9. The monoisotopic (exact) mass is 1300 g/mol. The first-order chi connectivity index (χ1) is 50.1. The number of nitrogens with zero attached hydrogens (tertiary/aromatic N) is 11. The highest BCUT2D eigenvalue weighted by molar-refractivity contribution is 6.21. The molecule has 0 saturated carbocycles. The van der Waals surface area contributed by atoms with E-state index in [9.17, 15) is 0 Å². The first kappa shape index (κ1) is 58.6. The van der Waals surface area contributed by atoms with Gasteiger partial charge in [0.1, 0.15) is 5.65 Å². The van der Waals surface area contributed by atoms with Gasteiger partial charge < -0.3 is 4.57 Å². The van der Waals surface area contributed by atoms with Gasteiger partial charge in [-0.15, -0.1) is 0 Å². The highest BCUT2D eigenvalue weighted by atomic mass is 15.2. The summed E-state index contributed by atoms with van der Waals surface area (Å²) in [7, 11) is 2.16. The average molecular weight is 1300 g/mol. The van der Waals surface area contributed by atoms with Gasteiger partial charge in [0.05, 0.1) is 77.2 Å². The maximum absolute atomic E-state index is 4.99. The van der Waals surface area contributed by atoms with Crippen LogP contribution in [0.4, 0.5) is 0 Å². The summed E-state index contributed by atoms with van der Waals surface area (Å²) in [5.41, 5.74) is 26.6. The second-order valence-electron chi connectivity index (χ2n) is 25.3. The number of para-hydroxylation sites is 14. The summed E-state index contributed by atoms with van der Waals surface area (Å²) >= 11 is 0. The van der Waals surface area contributed by atoms with E-state index in [1.807, 2.05) is 36.4 Å². The number of hydrogen-bond acceptors (Lipinski definition) is 3. The minimum absolute atomic E-state index is 0.938. The summed E-state index contributed by atoms with van der Waals surface area (Å²) in [5, 5.41) is 3.96. The van der Waals surface area contributed by atoms with Gasteiger partial charge in [0.25, 0.3) is 0 Å². The lowest BCUT2D eigenvalue weighted by atomic mass is 10.1. The van der Waals surface area contributed by atoms with Crippen LogP contribution in [0.1, 0.15) is 0 Å². The van der Waals surface area contributed by atoms with Crippen molar-refractivity contribution in [1.82, 2.24) is 51.0 Å². The Morgan fingerprint density at radius 2 is 0.515 bits per heavy atom. The Bertz CT molecular complexity index is 6810. The largest absolute Gasteiger partial charge is 0.329 e. The van der Waals surface area contributed by atoms with Crippen molar-refractivity contribution in [3.05, 3.63) is 364 Å². The molecule has 14 aromatic carbocycles. The fourth-order valence-electron chi connectivity index (χ4n) is 15.0. The minimum Gasteiger partial charge on any atom is -0.329 e. The van der Waals surface area contributed by atoms with Gasteiger partial charge in [0, 0.05) is 46.0 Å². The first-order valence-electron chi connectivity index (χ1n) is 34.1. The molecule has 0 N–H and O–H groups in total. The molecule has 11 nitrogen and oxygen atoms in total. The number of aryl methyl sites for hydroxylation is 1. The summed E-state index contributed by atoms with van der Waals surface area (Å²) in [6.07, 6.45) is 0. The average Bonchev–Trinajstić information content (AvgIpc) is 1.59. The molecule has 0 bridgehead atoms. The summed E-state index contributed by atoms with van der Waals surface area (Å²) in [6, 6.07) is 127. The molecule has 0 saturated heterocycles. The van der Waals surface area contributed by atoms with Crippen LogP contribution >= 0.6 is 0 Å². The molecule has 0 aliphatic heterocycles. The van der Waals surface area contributed by atoms with Crippen molar-refractivity contribution in [2.24, 2.45) is 7.05 Å². The third kappa shape index (κ3) is 9.77. The molecule has 101 heavy (non-hydrogen) atoms. The molecule has 0 unspecified atom stereocenters. The van der Waals surface area contributed by atoms with Gasteiger partial charge in [0.15, 0.2) is 0 Å². The number of hydrogen-bond donors (Lipinski definition) is 0. The molecule has 0 amide bonds. The molecule has 0 atom stereocenters. The van der Waals surface area contributed by atoms with Crippen LogP contribution in [0.2, 0.25) is 0 Å². The Kier molecular flexibility index (Phi) is 14.1. The highest BCUT2D eigenvalue weighted by Crippen LogP contribution is 2.40. The summed E-state index contributed by atoms with van der Waals surface area (Å²) in [6.45, 7) is 0. The van der Waals surface area contributed by atoms with Crippen LogP contribution in [0.3, 0.4) is 0 Å². The maximum Gasteiger partial charge on any atom is 0.220 e. The van der Waals surface area contributed by atoms with Crippen LogP contribution in [0.5, 0.6) is 0 Å². The summed E-state index contributed by atoms with van der Waals surface area (Å²) in [5.74, 6) is 2.83. The van der Waals surface area contributed by atoms with E-state index in [1.165, 1.54) is 71.8 Å². The lowest BCUT2D eigenvalue weighted by Gasteiger charge is -2.09. The second-order valence-corrected chi connectivity index (χ2v) is 25.3. The van der Waals surface area contributed by atoms with Crippen LogP contribution in [0.25, 0.3) is 161 Å². The van der Waals surface area contributed by atoms with Crippen LogP contribution in [0, 0.1) is 0 Å². The van der Waals surface area contributed by atoms with E-state index in [2.05, 4.69) is 371 Å². The van der Waals surface area contributed by atoms with E-state index in [-0.39, 0.29) is 0 Å². The SMILES string of the molecule is Cn1c2ccccc2c2c3ccccc3n(-c3ccccc3)c21.c1ccc(-c2ccc3c(c2)n2c4ccccc4nc2n3-c2ccccc2)cc1.c1ccc(-c2ccc3nc4n(-c5ccccc5)c5ccccc5n4c3c2)cc1.c1ccc(-n2c3ccccc3n3c4ccccc4nc23)cc1. The van der Waals surface area contributed by atoms with Gasteiger partial charge in [-0.2, -0.15) is 0 Å². The van der Waals surface area contributed by atoms with Gasteiger partial charge >= 0.3 is 0 Å². The molecule has 8 heterocycles. The predicted molar refractivity (Wildman–Crippen MR) is 417 cm³/mol. The van der Waals surface area contributed by atoms with Crippen molar-refractivity contribution in [3.63, 3.8) is 0 Å². The van der Waals surface area contributed by atoms with Crippen LogP contribution < -0.4 is 0 Å². The number of rotatable bonds is 6. The molecular weight excluding hydrogens is 1240 g/mol. The molecule has 22 rings (SSSR count). The zero-order valence-corrected chi connectivity index (χ0v) is 55.1. The standard InChI is InChI=1S/2C25H17N3.C21H16N2.C19H13N3/c1-3-9-18(10-4-1)19-15-16-21-24(17-19)28-23-14-8-7-13-22(23)27(25(28)26-21)20-11-5-2-6-12-20;1-3-9-18(10-4-1)19-15-16-23-24(17-19)28-22-14-8-7-13-21(22)26-25(28)27(23)20-11-5-2-6-12-20;1-22-18-13-7-5-11-16(18)20-17-12-6-8-14-19(17)23(21(20)22)15-9-3-2-4-10-15;1-2-8-14(9-3-1)21-17-12-6-7-13-18(17)22-16-11-5-4-10-15(16)20-19(21)22/h2*1-17H;2-14H,1H3;1-13H. The third-order valence-corrected chi connectivity index (χ3v) is 19.5. The van der Waals surface area contributed by atoms with Gasteiger partial charge in [-0.05, 0) is 156 Å². The lowest BCUT2D eigenvalue weighted by molar-refractivity contribution is 0.962. The van der Waals surface area contributed by atoms with E-state index >= 15 is 0 Å². The number of imidazole rings is 6. The van der Waals surface area contributed by atoms with E-state index < -0.39 is 0 Å². The maximum atomic E-state index is 4.99. The quantitative estimate of drug-likeness (QED) is 0.166. The zero-order chi connectivity index (χ0) is 66.9. The Balaban J connectivity index is 0.0000000940. The van der Waals surface area contributed by atoms with E-state index in [1.54, 1.807) is 0 Å². The second kappa shape index (κ2) is 24.4. The first-order valence-corrected chi connectivity index (χ1v) is 34.1. The summed E-state index contributed by atoms with van der Waals surface area (Å²) in [4.78, 5) is 14.8. The van der Waals surface area contributed by atoms with Crippen molar-refractivity contribution in [1.29, 1.82) is 0 Å². The van der Waals surface area contributed by atoms with Gasteiger partial charge in [-0.1, -0.05) is 231 Å². The van der Waals surface area contributed by atoms with Crippen LogP contribution in [-0.2, 0) is 7.05 Å². The normalized spacial score (nSPS) is 11.6. The van der Waals surface area contributed by atoms with Crippen molar-refractivity contribution in [3.8, 4) is 45.0 Å². The Labute approximate surface area is 580 Å². The number of aromatic nitrogens is 11. The smallest absolute Gasteiger partial charge is 0.220 e. The molecule has 22 aromatic rings. The fraction of sp³-hybridized carbons (Fsp3) is 0.0111. The third-order valence-electron chi connectivity index (χ3n) is 19.5. The van der Waals surface area contributed by atoms with Crippen molar-refractivity contribution >= 4 is 116 Å². The van der Waals surface area contributed by atoms with E-state index in [0.29, 0.717) is 0 Å². The Hall–Kier alpha value is -13.8. The molecule has 0 aliphatic rings. The molecule has 11 heteroatoms. The number of fused-ring (bicyclic) bond motifs is 20. The minimum atomic E-state index is 0.938. The van der Waals surface area contributed by atoms with E-state index in [4.69, 9.17) is 15.0 Å². The molecule has 0 spiro atoms. The fourth-order valence-corrected chi connectivity index (χ4v) is 15.0. The molecule has 478 valence electrons. The van der Waals surface area contributed by atoms with Crippen LogP contribution in [-0.4, -0.2) is 51.0 Å². The summed E-state index contributed by atoms with van der Waals surface area (Å²) < 4.78 is 18.1. The Morgan fingerprint density at radius 3 is 0.980 bits per heavy atom. The topological polar surface area (TPSA) is 76.6 Å².